The van der Waals surface area contributed by atoms with Crippen LogP contribution in [0.3, 0.4) is 0 Å². The van der Waals surface area contributed by atoms with E-state index in [1.165, 1.54) is 0 Å². The molecular formula is C8H12N2O9. The molecule has 0 fully saturated rings. The van der Waals surface area contributed by atoms with E-state index >= 15 is 0 Å². The van der Waals surface area contributed by atoms with Crippen molar-refractivity contribution in [3.63, 3.8) is 0 Å². The van der Waals surface area contributed by atoms with Crippen molar-refractivity contribution < 1.29 is 44.5 Å². The molecule has 0 rings (SSSR count). The van der Waals surface area contributed by atoms with E-state index in [1.807, 2.05) is 0 Å². The van der Waals surface area contributed by atoms with Gasteiger partial charge >= 0.3 is 23.9 Å². The van der Waals surface area contributed by atoms with Gasteiger partial charge in [-0.1, -0.05) is 0 Å². The molecule has 0 saturated carbocycles. The molecule has 19 heavy (non-hydrogen) atoms. The first-order valence-electron chi connectivity index (χ1n) is 4.76. The third-order valence-corrected chi connectivity index (χ3v) is 1.48. The molecule has 11 nitrogen and oxygen atoms in total. The van der Waals surface area contributed by atoms with Gasteiger partial charge in [0.2, 0.25) is 0 Å². The summed E-state index contributed by atoms with van der Waals surface area (Å²) in [5.74, 6) is -5.70. The van der Waals surface area contributed by atoms with E-state index in [9.17, 15) is 19.2 Å². The first kappa shape index (κ1) is 16.8. The number of rotatable bonds is 10. The summed E-state index contributed by atoms with van der Waals surface area (Å²) in [6.07, 6.45) is 0. The van der Waals surface area contributed by atoms with Crippen LogP contribution in [0.4, 0.5) is 0 Å². The van der Waals surface area contributed by atoms with E-state index in [2.05, 4.69) is 4.94 Å². The molecular weight excluding hydrogens is 268 g/mol. The Morgan fingerprint density at radius 1 is 0.632 bits per heavy atom. The maximum Gasteiger partial charge on any atom is 0.320 e. The van der Waals surface area contributed by atoms with Crippen molar-refractivity contribution in [2.45, 2.75) is 0 Å². The molecule has 0 bridgehead atoms. The molecule has 0 aliphatic rings. The zero-order valence-electron chi connectivity index (χ0n) is 9.55. The second kappa shape index (κ2) is 7.97. The van der Waals surface area contributed by atoms with E-state index in [1.54, 1.807) is 0 Å². The summed E-state index contributed by atoms with van der Waals surface area (Å²) in [6.45, 7) is -3.44. The normalized spacial score (nSPS) is 10.6. The molecule has 0 aromatic rings. The van der Waals surface area contributed by atoms with Crippen molar-refractivity contribution in [3.8, 4) is 0 Å². The number of aliphatic carboxylic acids is 4. The Labute approximate surface area is 106 Å². The van der Waals surface area contributed by atoms with Gasteiger partial charge in [0.1, 0.15) is 26.2 Å². The van der Waals surface area contributed by atoms with Gasteiger partial charge in [-0.05, 0) is 0 Å². The Bertz CT molecular complexity index is 303. The second-order valence-corrected chi connectivity index (χ2v) is 3.25. The molecule has 0 aliphatic heterocycles. The fourth-order valence-electron chi connectivity index (χ4n) is 0.994. The summed E-state index contributed by atoms with van der Waals surface area (Å²) in [7, 11) is 0. The Balaban J connectivity index is 4.68. The van der Waals surface area contributed by atoms with Gasteiger partial charge in [0.15, 0.2) is 0 Å². The van der Waals surface area contributed by atoms with Gasteiger partial charge in [-0.25, -0.2) is 4.94 Å². The van der Waals surface area contributed by atoms with E-state index in [0.29, 0.717) is 10.1 Å². The van der Waals surface area contributed by atoms with Crippen LogP contribution in [-0.2, 0) is 24.1 Å². The molecule has 0 aromatic carbocycles. The highest BCUT2D eigenvalue weighted by atomic mass is 16.8. The zero-order valence-corrected chi connectivity index (χ0v) is 9.55. The Hall–Kier alpha value is -2.24. The number of carboxylic acid groups (broad SMARTS) is 4. The van der Waals surface area contributed by atoms with Crippen molar-refractivity contribution >= 4 is 23.9 Å². The van der Waals surface area contributed by atoms with E-state index in [0.717, 1.165) is 0 Å². The second-order valence-electron chi connectivity index (χ2n) is 3.25. The topological polar surface area (TPSA) is 165 Å². The molecule has 4 N–H and O–H groups in total. The van der Waals surface area contributed by atoms with Gasteiger partial charge in [-0.3, -0.25) is 19.2 Å². The van der Waals surface area contributed by atoms with Crippen molar-refractivity contribution in [3.05, 3.63) is 0 Å². The predicted molar refractivity (Wildman–Crippen MR) is 54.8 cm³/mol. The summed E-state index contributed by atoms with van der Waals surface area (Å²) in [5, 5.41) is 34.9. The minimum absolute atomic E-state index is 0.413. The van der Waals surface area contributed by atoms with Crippen LogP contribution in [0.25, 0.3) is 0 Å². The van der Waals surface area contributed by atoms with Crippen molar-refractivity contribution in [2.75, 3.05) is 26.2 Å². The Morgan fingerprint density at radius 3 is 1.00 bits per heavy atom. The van der Waals surface area contributed by atoms with Crippen LogP contribution in [0.5, 0.6) is 0 Å². The minimum Gasteiger partial charge on any atom is -0.480 e. The summed E-state index contributed by atoms with van der Waals surface area (Å²) in [6, 6.07) is 0. The van der Waals surface area contributed by atoms with Gasteiger partial charge in [0, 0.05) is 0 Å². The molecule has 11 heteroatoms. The third-order valence-electron chi connectivity index (χ3n) is 1.48. The van der Waals surface area contributed by atoms with Gasteiger partial charge < -0.3 is 20.4 Å². The first-order valence-corrected chi connectivity index (χ1v) is 4.76. The Morgan fingerprint density at radius 2 is 0.842 bits per heavy atom. The molecule has 0 radical (unpaired) electrons. The summed E-state index contributed by atoms with van der Waals surface area (Å²) in [4.78, 5) is 46.4. The molecule has 0 unspecified atom stereocenters. The highest BCUT2D eigenvalue weighted by Crippen LogP contribution is 1.98. The molecule has 0 aromatic heterocycles. The van der Waals surface area contributed by atoms with Gasteiger partial charge in [0.05, 0.1) is 0 Å². The zero-order chi connectivity index (χ0) is 15.0. The fraction of sp³-hybridized carbons (Fsp3) is 0.500. The monoisotopic (exact) mass is 280 g/mol. The molecule has 0 aliphatic carbocycles. The number of hydrogen-bond donors (Lipinski definition) is 4. The van der Waals surface area contributed by atoms with Crippen LogP contribution in [-0.4, -0.2) is 80.6 Å². The van der Waals surface area contributed by atoms with E-state index in [-0.39, 0.29) is 0 Å². The molecule has 0 heterocycles. The van der Waals surface area contributed by atoms with Crippen LogP contribution >= 0.6 is 0 Å². The summed E-state index contributed by atoms with van der Waals surface area (Å²) >= 11 is 0. The van der Waals surface area contributed by atoms with Crippen LogP contribution in [0, 0.1) is 0 Å². The van der Waals surface area contributed by atoms with Crippen molar-refractivity contribution in [1.82, 2.24) is 10.1 Å². The molecule has 0 atom stereocenters. The average molecular weight is 280 g/mol. The van der Waals surface area contributed by atoms with Crippen molar-refractivity contribution in [1.29, 1.82) is 0 Å². The lowest BCUT2D eigenvalue weighted by atomic mass is 10.5. The highest BCUT2D eigenvalue weighted by molar-refractivity contribution is 5.73. The standard InChI is InChI=1S/C8H12N2O9/c11-5(12)1-9(2-6(13)14)19-10(3-7(15)16)4-8(17)18/h1-4H2,(H,11,12)(H,13,14)(H,15,16)(H,17,18). The smallest absolute Gasteiger partial charge is 0.320 e. The minimum atomic E-state index is -1.42. The quantitative estimate of drug-likeness (QED) is 0.320. The third kappa shape index (κ3) is 9.46. The lowest BCUT2D eigenvalue weighted by Gasteiger charge is -2.24. The van der Waals surface area contributed by atoms with Gasteiger partial charge in [0.25, 0.3) is 0 Å². The largest absolute Gasteiger partial charge is 0.480 e. The number of carbonyl (C=O) groups is 4. The van der Waals surface area contributed by atoms with Crippen LogP contribution < -0.4 is 0 Å². The predicted octanol–water partition coefficient (Wildman–Crippen LogP) is -2.22. The molecule has 0 saturated heterocycles. The maximum atomic E-state index is 10.5. The maximum absolute atomic E-state index is 10.5. The Kier molecular flexibility index (Phi) is 7.03. The van der Waals surface area contributed by atoms with E-state index < -0.39 is 50.1 Å². The number of nitrogens with zero attached hydrogens (tertiary/aromatic N) is 2. The fourth-order valence-corrected chi connectivity index (χ4v) is 0.994. The van der Waals surface area contributed by atoms with Crippen LogP contribution in [0.1, 0.15) is 0 Å². The van der Waals surface area contributed by atoms with Crippen LogP contribution in [0.2, 0.25) is 0 Å². The molecule has 0 amide bonds. The summed E-state index contributed by atoms with van der Waals surface area (Å²) < 4.78 is 0. The van der Waals surface area contributed by atoms with Crippen molar-refractivity contribution in [2.24, 2.45) is 0 Å². The van der Waals surface area contributed by atoms with Crippen LogP contribution in [0.15, 0.2) is 0 Å². The van der Waals surface area contributed by atoms with Gasteiger partial charge in [-0.2, -0.15) is 0 Å². The van der Waals surface area contributed by atoms with E-state index in [4.69, 9.17) is 20.4 Å². The van der Waals surface area contributed by atoms with Gasteiger partial charge in [-0.15, -0.1) is 10.1 Å². The average Bonchev–Trinajstić information content (AvgIpc) is 2.11. The molecule has 0 spiro atoms. The lowest BCUT2D eigenvalue weighted by Crippen LogP contribution is -2.44. The number of carboxylic acids is 4. The number of hydroxylamine groups is 4. The SMILES string of the molecule is O=C(O)CN(CC(=O)O)ON(CC(=O)O)CC(=O)O. The highest BCUT2D eigenvalue weighted by Gasteiger charge is 2.21. The lowest BCUT2D eigenvalue weighted by molar-refractivity contribution is -0.318. The first-order chi connectivity index (χ1) is 8.70. The number of hydrogen-bond acceptors (Lipinski definition) is 7. The molecule has 108 valence electrons. The summed E-state index contributed by atoms with van der Waals surface area (Å²) in [5.41, 5.74) is 0.